The Balaban J connectivity index is 2.40. The third-order valence-corrected chi connectivity index (χ3v) is 6.17. The number of esters is 1. The lowest BCUT2D eigenvalue weighted by atomic mass is 10.1. The summed E-state index contributed by atoms with van der Waals surface area (Å²) < 4.78 is 15.9. The number of rotatable bonds is 12. The monoisotopic (exact) mass is 480 g/mol. The van der Waals surface area contributed by atoms with E-state index in [1.54, 1.807) is 20.8 Å². The van der Waals surface area contributed by atoms with Crippen LogP contribution in [0.25, 0.3) is 0 Å². The number of amides is 2. The van der Waals surface area contributed by atoms with Crippen LogP contribution in [0, 0.1) is 0 Å². The summed E-state index contributed by atoms with van der Waals surface area (Å²) in [5.41, 5.74) is 0.249. The van der Waals surface area contributed by atoms with E-state index in [0.29, 0.717) is 32.4 Å². The summed E-state index contributed by atoms with van der Waals surface area (Å²) in [5.74, 6) is -0.500. The normalized spacial score (nSPS) is 12.4. The summed E-state index contributed by atoms with van der Waals surface area (Å²) in [6.45, 7) is 12.9. The van der Waals surface area contributed by atoms with Gasteiger partial charge in [0, 0.05) is 14.6 Å². The maximum atomic E-state index is 12.5. The molecule has 186 valence electrons. The SMILES string of the molecule is CC(C)(C)OC(=O)[C@H](CCCCNC(=O)OCc1ccccc1)NC(=O)OCC[Si](C)(C)C. The van der Waals surface area contributed by atoms with Gasteiger partial charge in [0.2, 0.25) is 0 Å². The fourth-order valence-electron chi connectivity index (χ4n) is 2.69. The van der Waals surface area contributed by atoms with Crippen molar-refractivity contribution in [2.24, 2.45) is 0 Å². The summed E-state index contributed by atoms with van der Waals surface area (Å²) >= 11 is 0. The van der Waals surface area contributed by atoms with Gasteiger partial charge in [-0.05, 0) is 51.6 Å². The van der Waals surface area contributed by atoms with Crippen molar-refractivity contribution >= 4 is 26.2 Å². The predicted octanol–water partition coefficient (Wildman–Crippen LogP) is 4.86. The maximum absolute atomic E-state index is 12.5. The van der Waals surface area contributed by atoms with E-state index < -0.39 is 37.9 Å². The van der Waals surface area contributed by atoms with E-state index in [-0.39, 0.29) is 6.61 Å². The molecule has 33 heavy (non-hydrogen) atoms. The average Bonchev–Trinajstić information content (AvgIpc) is 2.69. The third kappa shape index (κ3) is 15.0. The number of unbranched alkanes of at least 4 members (excludes halogenated alkanes) is 1. The van der Waals surface area contributed by atoms with Crippen molar-refractivity contribution in [2.75, 3.05) is 13.2 Å². The van der Waals surface area contributed by atoms with Gasteiger partial charge in [0.25, 0.3) is 0 Å². The minimum atomic E-state index is -1.32. The van der Waals surface area contributed by atoms with Crippen LogP contribution in [-0.2, 0) is 25.6 Å². The lowest BCUT2D eigenvalue weighted by Crippen LogP contribution is -2.44. The van der Waals surface area contributed by atoms with E-state index in [4.69, 9.17) is 14.2 Å². The molecule has 0 spiro atoms. The summed E-state index contributed by atoms with van der Waals surface area (Å²) in [6.07, 6.45) is 0.474. The zero-order chi connectivity index (χ0) is 24.9. The summed E-state index contributed by atoms with van der Waals surface area (Å²) in [7, 11) is -1.32. The van der Waals surface area contributed by atoms with Gasteiger partial charge in [-0.15, -0.1) is 0 Å². The molecule has 0 heterocycles. The first-order chi connectivity index (χ1) is 15.4. The molecule has 1 aromatic carbocycles. The summed E-state index contributed by atoms with van der Waals surface area (Å²) in [4.78, 5) is 36.5. The van der Waals surface area contributed by atoms with E-state index >= 15 is 0 Å². The molecule has 8 nitrogen and oxygen atoms in total. The average molecular weight is 481 g/mol. The van der Waals surface area contributed by atoms with Crippen LogP contribution in [-0.4, -0.2) is 51.0 Å². The van der Waals surface area contributed by atoms with Crippen molar-refractivity contribution in [1.29, 1.82) is 0 Å². The molecule has 0 fully saturated rings. The molecule has 0 aliphatic carbocycles. The lowest BCUT2D eigenvalue weighted by Gasteiger charge is -2.24. The minimum Gasteiger partial charge on any atom is -0.458 e. The predicted molar refractivity (Wildman–Crippen MR) is 131 cm³/mol. The van der Waals surface area contributed by atoms with E-state index in [0.717, 1.165) is 11.6 Å². The lowest BCUT2D eigenvalue weighted by molar-refractivity contribution is -0.157. The molecule has 1 atom stereocenters. The van der Waals surface area contributed by atoms with Crippen molar-refractivity contribution in [2.45, 2.75) is 84.0 Å². The van der Waals surface area contributed by atoms with E-state index in [1.807, 2.05) is 30.3 Å². The van der Waals surface area contributed by atoms with Crippen LogP contribution in [0.5, 0.6) is 0 Å². The summed E-state index contributed by atoms with van der Waals surface area (Å²) in [5, 5.41) is 5.32. The maximum Gasteiger partial charge on any atom is 0.407 e. The van der Waals surface area contributed by atoms with Crippen LogP contribution in [0.1, 0.15) is 45.6 Å². The molecule has 0 unspecified atom stereocenters. The van der Waals surface area contributed by atoms with Crippen LogP contribution in [0.3, 0.4) is 0 Å². The van der Waals surface area contributed by atoms with Gasteiger partial charge in [-0.3, -0.25) is 0 Å². The quantitative estimate of drug-likeness (QED) is 0.192. The Morgan fingerprint density at radius 1 is 0.970 bits per heavy atom. The molecule has 2 amide bonds. The number of ether oxygens (including phenoxy) is 3. The van der Waals surface area contributed by atoms with Crippen molar-refractivity contribution in [3.8, 4) is 0 Å². The zero-order valence-corrected chi connectivity index (χ0v) is 21.9. The fraction of sp³-hybridized carbons (Fsp3) is 0.625. The highest BCUT2D eigenvalue weighted by Crippen LogP contribution is 2.12. The fourth-order valence-corrected chi connectivity index (χ4v) is 3.41. The number of carbonyl (C=O) groups excluding carboxylic acids is 3. The molecular formula is C24H40N2O6Si. The van der Waals surface area contributed by atoms with Crippen LogP contribution in [0.4, 0.5) is 9.59 Å². The van der Waals surface area contributed by atoms with Gasteiger partial charge >= 0.3 is 18.2 Å². The standard InChI is InChI=1S/C24H40N2O6Si/c1-24(2,3)32-21(27)20(26-23(29)30-16-17-33(4,5)6)14-10-11-15-25-22(28)31-18-19-12-8-7-9-13-19/h7-9,12-13,20H,10-11,14-18H2,1-6H3,(H,25,28)(H,26,29)/t20-/m0/s1. The number of benzene rings is 1. The summed E-state index contributed by atoms with van der Waals surface area (Å²) in [6, 6.07) is 9.47. The Hall–Kier alpha value is -2.55. The van der Waals surface area contributed by atoms with Gasteiger partial charge in [-0.1, -0.05) is 50.0 Å². The third-order valence-electron chi connectivity index (χ3n) is 4.47. The topological polar surface area (TPSA) is 103 Å². The number of carbonyl (C=O) groups is 3. The minimum absolute atomic E-state index is 0.205. The first-order valence-electron chi connectivity index (χ1n) is 11.5. The largest absolute Gasteiger partial charge is 0.458 e. The molecule has 0 saturated carbocycles. The molecule has 0 aliphatic heterocycles. The van der Waals surface area contributed by atoms with Crippen LogP contribution >= 0.6 is 0 Å². The number of nitrogens with one attached hydrogen (secondary N) is 2. The molecule has 0 saturated heterocycles. The first kappa shape index (κ1) is 28.5. The molecule has 1 rings (SSSR count). The molecule has 1 aromatic rings. The van der Waals surface area contributed by atoms with Crippen LogP contribution in [0.2, 0.25) is 25.7 Å². The molecule has 0 aromatic heterocycles. The molecule has 9 heteroatoms. The number of hydrogen-bond donors (Lipinski definition) is 2. The molecule has 0 bridgehead atoms. The highest BCUT2D eigenvalue weighted by Gasteiger charge is 2.27. The number of alkyl carbamates (subject to hydrolysis) is 2. The van der Waals surface area contributed by atoms with Crippen molar-refractivity contribution in [3.63, 3.8) is 0 Å². The van der Waals surface area contributed by atoms with Crippen molar-refractivity contribution < 1.29 is 28.6 Å². The van der Waals surface area contributed by atoms with Crippen molar-refractivity contribution in [1.82, 2.24) is 10.6 Å². The Labute approximate surface area is 198 Å². The van der Waals surface area contributed by atoms with Crippen molar-refractivity contribution in [3.05, 3.63) is 35.9 Å². The van der Waals surface area contributed by atoms with Crippen LogP contribution in [0.15, 0.2) is 30.3 Å². The second-order valence-corrected chi connectivity index (χ2v) is 15.8. The first-order valence-corrected chi connectivity index (χ1v) is 15.2. The van der Waals surface area contributed by atoms with Gasteiger partial charge in [-0.25, -0.2) is 14.4 Å². The van der Waals surface area contributed by atoms with E-state index in [1.165, 1.54) is 0 Å². The van der Waals surface area contributed by atoms with Gasteiger partial charge < -0.3 is 24.8 Å². The Kier molecular flexibility index (Phi) is 12.0. The van der Waals surface area contributed by atoms with Gasteiger partial charge in [0.05, 0.1) is 6.61 Å². The van der Waals surface area contributed by atoms with Crippen LogP contribution < -0.4 is 10.6 Å². The Morgan fingerprint density at radius 3 is 2.24 bits per heavy atom. The number of hydrogen-bond acceptors (Lipinski definition) is 6. The van der Waals surface area contributed by atoms with Gasteiger partial charge in [0.1, 0.15) is 18.2 Å². The Morgan fingerprint density at radius 2 is 1.64 bits per heavy atom. The second-order valence-electron chi connectivity index (χ2n) is 10.2. The Bertz CT molecular complexity index is 744. The highest BCUT2D eigenvalue weighted by molar-refractivity contribution is 6.76. The molecular weight excluding hydrogens is 440 g/mol. The molecule has 2 N–H and O–H groups in total. The molecule has 0 aliphatic rings. The van der Waals surface area contributed by atoms with E-state index in [9.17, 15) is 14.4 Å². The zero-order valence-electron chi connectivity index (χ0n) is 20.9. The highest BCUT2D eigenvalue weighted by atomic mass is 28.3. The van der Waals surface area contributed by atoms with E-state index in [2.05, 4.69) is 30.3 Å². The van der Waals surface area contributed by atoms with Gasteiger partial charge in [0.15, 0.2) is 0 Å². The smallest absolute Gasteiger partial charge is 0.407 e. The second kappa shape index (κ2) is 13.9. The molecule has 0 radical (unpaired) electrons. The van der Waals surface area contributed by atoms with Gasteiger partial charge in [-0.2, -0.15) is 0 Å².